The topological polar surface area (TPSA) is 27.7 Å². The summed E-state index contributed by atoms with van der Waals surface area (Å²) in [6.07, 6.45) is 0.877. The van der Waals surface area contributed by atoms with Crippen LogP contribution in [0.1, 0.15) is 13.3 Å². The molecule has 0 saturated heterocycles. The Morgan fingerprint density at radius 2 is 1.79 bits per heavy atom. The zero-order valence-electron chi connectivity index (χ0n) is 10.6. The molecule has 100 valence electrons. The quantitative estimate of drug-likeness (QED) is 0.429. The molecular formula is C15H15ClO3. The summed E-state index contributed by atoms with van der Waals surface area (Å²) in [5, 5.41) is 0.578. The normalized spacial score (nSPS) is 10.2. The molecule has 0 radical (unpaired) electrons. The number of para-hydroxylation sites is 1. The van der Waals surface area contributed by atoms with Crippen molar-refractivity contribution < 1.29 is 14.5 Å². The average Bonchev–Trinajstić information content (AvgIpc) is 2.43. The summed E-state index contributed by atoms with van der Waals surface area (Å²) in [5.41, 5.74) is 0. The van der Waals surface area contributed by atoms with Crippen LogP contribution < -0.4 is 9.62 Å². The van der Waals surface area contributed by atoms with Crippen LogP contribution in [-0.2, 0) is 4.89 Å². The van der Waals surface area contributed by atoms with Crippen LogP contribution in [0.15, 0.2) is 48.5 Å². The van der Waals surface area contributed by atoms with Crippen molar-refractivity contribution in [1.82, 2.24) is 0 Å². The van der Waals surface area contributed by atoms with Crippen LogP contribution in [0.25, 0.3) is 0 Å². The van der Waals surface area contributed by atoms with Gasteiger partial charge in [-0.05, 0) is 30.7 Å². The van der Waals surface area contributed by atoms with E-state index in [0.29, 0.717) is 28.9 Å². The molecule has 4 heteroatoms. The monoisotopic (exact) mass is 278 g/mol. The van der Waals surface area contributed by atoms with E-state index in [2.05, 4.69) is 0 Å². The Hall–Kier alpha value is -1.71. The van der Waals surface area contributed by atoms with Crippen LogP contribution in [0.2, 0.25) is 5.02 Å². The van der Waals surface area contributed by atoms with Crippen molar-refractivity contribution in [2.75, 3.05) is 6.61 Å². The largest absolute Gasteiger partial charge is 0.453 e. The summed E-state index contributed by atoms with van der Waals surface area (Å²) in [6, 6.07) is 14.6. The average molecular weight is 279 g/mol. The maximum absolute atomic E-state index is 5.97. The molecule has 19 heavy (non-hydrogen) atoms. The van der Waals surface area contributed by atoms with E-state index in [9.17, 15) is 0 Å². The van der Waals surface area contributed by atoms with Crippen LogP contribution in [0.4, 0.5) is 0 Å². The molecule has 3 nitrogen and oxygen atoms in total. The second-order valence-electron chi connectivity index (χ2n) is 3.91. The molecule has 0 saturated carbocycles. The lowest BCUT2D eigenvalue weighted by molar-refractivity contribution is -0.207. The van der Waals surface area contributed by atoms with E-state index in [-0.39, 0.29) is 0 Å². The predicted molar refractivity (Wildman–Crippen MR) is 74.8 cm³/mol. The maximum atomic E-state index is 5.97. The molecule has 0 amide bonds. The summed E-state index contributed by atoms with van der Waals surface area (Å²) < 4.78 is 5.73. The predicted octanol–water partition coefficient (Wildman–Crippen LogP) is 4.85. The SMILES string of the molecule is CCCOOc1ccc(Cl)cc1Oc1ccccc1. The second-order valence-corrected chi connectivity index (χ2v) is 4.35. The maximum Gasteiger partial charge on any atom is 0.207 e. The van der Waals surface area contributed by atoms with Crippen LogP contribution in [0.5, 0.6) is 17.2 Å². The van der Waals surface area contributed by atoms with Crippen LogP contribution >= 0.6 is 11.6 Å². The fourth-order valence-corrected chi connectivity index (χ4v) is 1.60. The van der Waals surface area contributed by atoms with Gasteiger partial charge in [-0.3, -0.25) is 0 Å². The molecule has 0 bridgehead atoms. The highest BCUT2D eigenvalue weighted by molar-refractivity contribution is 6.30. The van der Waals surface area contributed by atoms with Gasteiger partial charge in [-0.1, -0.05) is 36.7 Å². The highest BCUT2D eigenvalue weighted by Gasteiger charge is 2.08. The summed E-state index contributed by atoms with van der Waals surface area (Å²) in [7, 11) is 0. The highest BCUT2D eigenvalue weighted by Crippen LogP contribution is 2.34. The van der Waals surface area contributed by atoms with Crippen molar-refractivity contribution in [2.24, 2.45) is 0 Å². The third-order valence-electron chi connectivity index (χ3n) is 2.31. The fraction of sp³-hybridized carbons (Fsp3) is 0.200. The molecule has 2 rings (SSSR count). The first kappa shape index (κ1) is 13.7. The molecule has 2 aromatic carbocycles. The number of benzene rings is 2. The molecular weight excluding hydrogens is 264 g/mol. The van der Waals surface area contributed by atoms with Crippen molar-refractivity contribution in [3.05, 3.63) is 53.6 Å². The van der Waals surface area contributed by atoms with Gasteiger partial charge in [0, 0.05) is 11.1 Å². The Labute approximate surface area is 117 Å². The van der Waals surface area contributed by atoms with Gasteiger partial charge in [-0.2, -0.15) is 4.89 Å². The van der Waals surface area contributed by atoms with E-state index in [1.165, 1.54) is 0 Å². The lowest BCUT2D eigenvalue weighted by atomic mass is 10.3. The van der Waals surface area contributed by atoms with Gasteiger partial charge in [-0.15, -0.1) is 0 Å². The first-order chi connectivity index (χ1) is 9.29. The van der Waals surface area contributed by atoms with E-state index < -0.39 is 0 Å². The minimum Gasteiger partial charge on any atom is -0.453 e. The minimum absolute atomic E-state index is 0.502. The van der Waals surface area contributed by atoms with Gasteiger partial charge in [-0.25, -0.2) is 0 Å². The van der Waals surface area contributed by atoms with E-state index in [1.807, 2.05) is 37.3 Å². The van der Waals surface area contributed by atoms with Crippen LogP contribution in [-0.4, -0.2) is 6.61 Å². The van der Waals surface area contributed by atoms with Gasteiger partial charge in [0.15, 0.2) is 5.75 Å². The summed E-state index contributed by atoms with van der Waals surface area (Å²) in [4.78, 5) is 10.3. The van der Waals surface area contributed by atoms with Crippen molar-refractivity contribution in [3.8, 4) is 17.2 Å². The van der Waals surface area contributed by atoms with Gasteiger partial charge in [0.2, 0.25) is 5.75 Å². The molecule has 0 aliphatic heterocycles. The molecule has 0 N–H and O–H groups in total. The summed E-state index contributed by atoms with van der Waals surface area (Å²) >= 11 is 5.97. The van der Waals surface area contributed by atoms with Gasteiger partial charge >= 0.3 is 0 Å². The Morgan fingerprint density at radius 1 is 1.00 bits per heavy atom. The molecule has 0 aliphatic rings. The molecule has 0 spiro atoms. The Balaban J connectivity index is 2.15. The lowest BCUT2D eigenvalue weighted by Gasteiger charge is -2.11. The highest BCUT2D eigenvalue weighted by atomic mass is 35.5. The van der Waals surface area contributed by atoms with Crippen molar-refractivity contribution in [3.63, 3.8) is 0 Å². The molecule has 0 heterocycles. The third-order valence-corrected chi connectivity index (χ3v) is 2.55. The Kier molecular flexibility index (Phi) is 5.07. The third kappa shape index (κ3) is 4.16. The minimum atomic E-state index is 0.502. The van der Waals surface area contributed by atoms with Gasteiger partial charge in [0.25, 0.3) is 0 Å². The van der Waals surface area contributed by atoms with Gasteiger partial charge < -0.3 is 9.62 Å². The molecule has 0 aliphatic carbocycles. The molecule has 2 aromatic rings. The van der Waals surface area contributed by atoms with E-state index in [0.717, 1.165) is 6.42 Å². The Bertz CT molecular complexity index is 514. The summed E-state index contributed by atoms with van der Waals surface area (Å²) in [5.74, 6) is 1.74. The molecule has 0 atom stereocenters. The number of hydrogen-bond donors (Lipinski definition) is 0. The van der Waals surface area contributed by atoms with Crippen LogP contribution in [0, 0.1) is 0 Å². The Morgan fingerprint density at radius 3 is 2.53 bits per heavy atom. The van der Waals surface area contributed by atoms with E-state index in [4.69, 9.17) is 26.1 Å². The van der Waals surface area contributed by atoms with Crippen LogP contribution in [0.3, 0.4) is 0 Å². The van der Waals surface area contributed by atoms with Gasteiger partial charge in [0.05, 0.1) is 6.61 Å². The first-order valence-corrected chi connectivity index (χ1v) is 6.49. The van der Waals surface area contributed by atoms with Crippen molar-refractivity contribution in [1.29, 1.82) is 0 Å². The number of halogens is 1. The standard InChI is InChI=1S/C15H15ClO3/c1-2-10-17-19-14-9-8-12(16)11-15(14)18-13-6-4-3-5-7-13/h3-9,11H,2,10H2,1H3. The van der Waals surface area contributed by atoms with Gasteiger partial charge in [0.1, 0.15) is 5.75 Å². The van der Waals surface area contributed by atoms with E-state index in [1.54, 1.807) is 18.2 Å². The number of rotatable bonds is 6. The zero-order chi connectivity index (χ0) is 13.5. The van der Waals surface area contributed by atoms with Crippen molar-refractivity contribution >= 4 is 11.6 Å². The first-order valence-electron chi connectivity index (χ1n) is 6.11. The number of ether oxygens (including phenoxy) is 1. The van der Waals surface area contributed by atoms with E-state index >= 15 is 0 Å². The fourth-order valence-electron chi connectivity index (χ4n) is 1.43. The summed E-state index contributed by atoms with van der Waals surface area (Å²) in [6.45, 7) is 2.53. The number of hydrogen-bond acceptors (Lipinski definition) is 3. The van der Waals surface area contributed by atoms with Crippen molar-refractivity contribution in [2.45, 2.75) is 13.3 Å². The smallest absolute Gasteiger partial charge is 0.207 e. The zero-order valence-corrected chi connectivity index (χ0v) is 11.4. The molecule has 0 fully saturated rings. The second kappa shape index (κ2) is 7.02. The molecule has 0 aromatic heterocycles. The lowest BCUT2D eigenvalue weighted by Crippen LogP contribution is -1.99. The molecule has 0 unspecified atom stereocenters.